The summed E-state index contributed by atoms with van der Waals surface area (Å²) in [5.41, 5.74) is 1.97. The Morgan fingerprint density at radius 3 is 2.69 bits per heavy atom. The maximum atomic E-state index is 10.4. The first-order chi connectivity index (χ1) is 7.67. The summed E-state index contributed by atoms with van der Waals surface area (Å²) in [6.45, 7) is 0. The predicted molar refractivity (Wildman–Crippen MR) is 56.4 cm³/mol. The Morgan fingerprint density at radius 1 is 1.38 bits per heavy atom. The smallest absolute Gasteiger partial charge is 0.303 e. The molecule has 0 spiro atoms. The Kier molecular flexibility index (Phi) is 4.06. The van der Waals surface area contributed by atoms with Crippen LogP contribution in [0, 0.1) is 22.7 Å². The van der Waals surface area contributed by atoms with E-state index in [2.05, 4.69) is 0 Å². The molecule has 0 aliphatic rings. The zero-order chi connectivity index (χ0) is 12.0. The summed E-state index contributed by atoms with van der Waals surface area (Å²) < 4.78 is 0. The van der Waals surface area contributed by atoms with Gasteiger partial charge in [-0.2, -0.15) is 10.5 Å². The summed E-state index contributed by atoms with van der Waals surface area (Å²) in [7, 11) is 0. The van der Waals surface area contributed by atoms with Crippen molar-refractivity contribution in [3.63, 3.8) is 0 Å². The van der Waals surface area contributed by atoms with Gasteiger partial charge in [-0.25, -0.2) is 0 Å². The van der Waals surface area contributed by atoms with Gasteiger partial charge in [0.25, 0.3) is 0 Å². The van der Waals surface area contributed by atoms with Gasteiger partial charge in [0.2, 0.25) is 0 Å². The van der Waals surface area contributed by atoms with E-state index in [1.807, 2.05) is 12.1 Å². The highest BCUT2D eigenvalue weighted by Gasteiger charge is 2.05. The Hall–Kier alpha value is -2.33. The lowest BCUT2D eigenvalue weighted by atomic mass is 10.00. The van der Waals surface area contributed by atoms with Crippen molar-refractivity contribution in [3.05, 3.63) is 34.9 Å². The largest absolute Gasteiger partial charge is 0.481 e. The molecule has 0 unspecified atom stereocenters. The first kappa shape index (κ1) is 11.7. The zero-order valence-electron chi connectivity index (χ0n) is 8.60. The van der Waals surface area contributed by atoms with Crippen LogP contribution in [0.2, 0.25) is 0 Å². The highest BCUT2D eigenvalue weighted by Crippen LogP contribution is 2.13. The minimum atomic E-state index is -0.855. The summed E-state index contributed by atoms with van der Waals surface area (Å²) in [4.78, 5) is 10.4. The number of hydrogen-bond donors (Lipinski definition) is 1. The predicted octanol–water partition coefficient (Wildman–Crippen LogP) is 1.64. The van der Waals surface area contributed by atoms with Gasteiger partial charge in [-0.1, -0.05) is 12.1 Å². The van der Waals surface area contributed by atoms with Crippen LogP contribution in [0.5, 0.6) is 0 Å². The maximum absolute atomic E-state index is 10.4. The van der Waals surface area contributed by atoms with E-state index < -0.39 is 5.97 Å². The van der Waals surface area contributed by atoms with Crippen molar-refractivity contribution >= 4 is 5.97 Å². The molecule has 1 rings (SSSR count). The Balaban J connectivity index is 2.90. The second-order valence-corrected chi connectivity index (χ2v) is 3.33. The van der Waals surface area contributed by atoms with Crippen LogP contribution in [0.1, 0.15) is 23.1 Å². The molecule has 4 nitrogen and oxygen atoms in total. The van der Waals surface area contributed by atoms with Crippen molar-refractivity contribution in [1.82, 2.24) is 0 Å². The third kappa shape index (κ3) is 3.11. The minimum Gasteiger partial charge on any atom is -0.481 e. The van der Waals surface area contributed by atoms with Crippen molar-refractivity contribution < 1.29 is 9.90 Å². The van der Waals surface area contributed by atoms with E-state index in [9.17, 15) is 4.79 Å². The number of carbonyl (C=O) groups is 1. The molecular formula is C12H10N2O2. The normalized spacial score (nSPS) is 9.12. The summed E-state index contributed by atoms with van der Waals surface area (Å²) >= 11 is 0. The molecule has 1 N–H and O–H groups in total. The number of carboxylic acid groups (broad SMARTS) is 1. The molecule has 0 fully saturated rings. The first-order valence-corrected chi connectivity index (χ1v) is 4.78. The molecule has 16 heavy (non-hydrogen) atoms. The molecule has 0 aromatic heterocycles. The second-order valence-electron chi connectivity index (χ2n) is 3.33. The average Bonchev–Trinajstić information content (AvgIpc) is 2.27. The van der Waals surface area contributed by atoms with Crippen molar-refractivity contribution in [3.8, 4) is 12.1 Å². The number of nitriles is 2. The summed E-state index contributed by atoms with van der Waals surface area (Å²) in [6.07, 6.45) is 0.640. The highest BCUT2D eigenvalue weighted by atomic mass is 16.4. The van der Waals surface area contributed by atoms with Crippen LogP contribution in [-0.2, 0) is 17.6 Å². The molecule has 0 aliphatic heterocycles. The van der Waals surface area contributed by atoms with Crippen molar-refractivity contribution in [2.24, 2.45) is 0 Å². The van der Waals surface area contributed by atoms with Crippen LogP contribution in [0.4, 0.5) is 0 Å². The summed E-state index contributed by atoms with van der Waals surface area (Å²) in [5, 5.41) is 25.9. The van der Waals surface area contributed by atoms with E-state index in [4.69, 9.17) is 15.6 Å². The van der Waals surface area contributed by atoms with Gasteiger partial charge in [0.1, 0.15) is 0 Å². The Morgan fingerprint density at radius 2 is 2.12 bits per heavy atom. The van der Waals surface area contributed by atoms with Gasteiger partial charge < -0.3 is 5.11 Å². The molecule has 0 radical (unpaired) electrons. The lowest BCUT2D eigenvalue weighted by Gasteiger charge is -2.03. The average molecular weight is 214 g/mol. The lowest BCUT2D eigenvalue weighted by Crippen LogP contribution is -1.99. The number of carboxylic acids is 1. The highest BCUT2D eigenvalue weighted by molar-refractivity contribution is 5.67. The molecule has 0 saturated heterocycles. The van der Waals surface area contributed by atoms with Crippen molar-refractivity contribution in [2.45, 2.75) is 19.3 Å². The fraction of sp³-hybridized carbons (Fsp3) is 0.250. The van der Waals surface area contributed by atoms with Gasteiger partial charge in [0.15, 0.2) is 0 Å². The molecule has 0 amide bonds. The molecule has 0 aliphatic carbocycles. The molecule has 0 saturated carbocycles. The van der Waals surface area contributed by atoms with Crippen molar-refractivity contribution in [2.75, 3.05) is 0 Å². The van der Waals surface area contributed by atoms with Crippen LogP contribution < -0.4 is 0 Å². The second kappa shape index (κ2) is 5.53. The monoisotopic (exact) mass is 214 g/mol. The quantitative estimate of drug-likeness (QED) is 0.825. The topological polar surface area (TPSA) is 84.9 Å². The van der Waals surface area contributed by atoms with Gasteiger partial charge in [-0.3, -0.25) is 4.79 Å². The standard InChI is InChI=1S/C12H10N2O2/c13-6-5-10-7-9(2-4-12(15)16)1-3-11(10)8-14/h1,3,7H,2,4-5H2,(H,15,16). The lowest BCUT2D eigenvalue weighted by molar-refractivity contribution is -0.136. The molecular weight excluding hydrogens is 204 g/mol. The number of hydrogen-bond acceptors (Lipinski definition) is 3. The fourth-order valence-corrected chi connectivity index (χ4v) is 1.39. The van der Waals surface area contributed by atoms with Crippen LogP contribution in [0.3, 0.4) is 0 Å². The maximum Gasteiger partial charge on any atom is 0.303 e. The number of nitrogens with zero attached hydrogens (tertiary/aromatic N) is 2. The summed E-state index contributed by atoms with van der Waals surface area (Å²) in [5.74, 6) is -0.855. The van der Waals surface area contributed by atoms with Gasteiger partial charge in [-0.05, 0) is 23.6 Å². The SMILES string of the molecule is N#CCc1cc(CCC(=O)O)ccc1C#N. The zero-order valence-corrected chi connectivity index (χ0v) is 8.60. The van der Waals surface area contributed by atoms with E-state index in [1.54, 1.807) is 18.2 Å². The van der Waals surface area contributed by atoms with Crippen LogP contribution in [-0.4, -0.2) is 11.1 Å². The van der Waals surface area contributed by atoms with E-state index in [0.29, 0.717) is 17.5 Å². The molecule has 80 valence electrons. The molecule has 0 heterocycles. The Bertz CT molecular complexity index is 481. The van der Waals surface area contributed by atoms with Gasteiger partial charge in [-0.15, -0.1) is 0 Å². The van der Waals surface area contributed by atoms with Crippen LogP contribution in [0.15, 0.2) is 18.2 Å². The summed E-state index contributed by atoms with van der Waals surface area (Å²) in [6, 6.07) is 9.07. The van der Waals surface area contributed by atoms with Gasteiger partial charge in [0.05, 0.1) is 24.1 Å². The molecule has 1 aromatic carbocycles. The van der Waals surface area contributed by atoms with Crippen LogP contribution >= 0.6 is 0 Å². The Labute approximate surface area is 93.4 Å². The van der Waals surface area contributed by atoms with E-state index >= 15 is 0 Å². The van der Waals surface area contributed by atoms with Gasteiger partial charge >= 0.3 is 5.97 Å². The number of rotatable bonds is 4. The third-order valence-electron chi connectivity index (χ3n) is 2.19. The van der Waals surface area contributed by atoms with E-state index in [-0.39, 0.29) is 12.8 Å². The van der Waals surface area contributed by atoms with Gasteiger partial charge in [0, 0.05) is 6.42 Å². The minimum absolute atomic E-state index is 0.0535. The number of aliphatic carboxylic acids is 1. The molecule has 0 bridgehead atoms. The first-order valence-electron chi connectivity index (χ1n) is 4.78. The molecule has 4 heteroatoms. The third-order valence-corrected chi connectivity index (χ3v) is 2.19. The molecule has 0 atom stereocenters. The van der Waals surface area contributed by atoms with Crippen molar-refractivity contribution in [1.29, 1.82) is 10.5 Å². The fourth-order valence-electron chi connectivity index (χ4n) is 1.39. The molecule has 1 aromatic rings. The van der Waals surface area contributed by atoms with Crippen LogP contribution in [0.25, 0.3) is 0 Å². The van der Waals surface area contributed by atoms with E-state index in [1.165, 1.54) is 0 Å². The number of aryl methyl sites for hydroxylation is 1. The number of benzene rings is 1. The van der Waals surface area contributed by atoms with E-state index in [0.717, 1.165) is 5.56 Å².